The molecule has 1 spiro atoms. The third kappa shape index (κ3) is 5.84. The molecule has 0 atom stereocenters. The Balaban J connectivity index is 0.00000150. The van der Waals surface area contributed by atoms with Crippen molar-refractivity contribution in [2.24, 2.45) is 5.41 Å². The van der Waals surface area contributed by atoms with Crippen molar-refractivity contribution in [1.29, 1.82) is 0 Å². The third-order valence-electron chi connectivity index (χ3n) is 6.15. The van der Waals surface area contributed by atoms with Gasteiger partial charge in [0.2, 0.25) is 0 Å². The normalized spacial score (nSPS) is 17.7. The molecule has 0 saturated carbocycles. The molecule has 1 aromatic carbocycles. The second-order valence-corrected chi connectivity index (χ2v) is 7.83. The van der Waals surface area contributed by atoms with E-state index in [0.717, 1.165) is 56.8 Å². The van der Waals surface area contributed by atoms with E-state index in [0.29, 0.717) is 5.41 Å². The first-order chi connectivity index (χ1) is 13.2. The predicted molar refractivity (Wildman–Crippen MR) is 122 cm³/mol. The lowest BCUT2D eigenvalue weighted by Gasteiger charge is -2.44. The van der Waals surface area contributed by atoms with Crippen molar-refractivity contribution < 1.29 is 4.79 Å². The number of aromatic nitrogens is 1. The van der Waals surface area contributed by atoms with E-state index in [4.69, 9.17) is 0 Å². The number of likely N-dealkylation sites (tertiary alicyclic amines) is 1. The van der Waals surface area contributed by atoms with Crippen LogP contribution in [0.5, 0.6) is 0 Å². The number of hydrogen-bond donors (Lipinski definition) is 2. The lowest BCUT2D eigenvalue weighted by molar-refractivity contribution is 0.0496. The first-order valence-electron chi connectivity index (χ1n) is 9.97. The predicted octanol–water partition coefficient (Wildman–Crippen LogP) is 4.14. The molecule has 2 saturated heterocycles. The summed E-state index contributed by atoms with van der Waals surface area (Å²) < 4.78 is 0. The molecule has 1 aromatic heterocycles. The van der Waals surface area contributed by atoms with Crippen molar-refractivity contribution in [2.45, 2.75) is 32.2 Å². The minimum absolute atomic E-state index is 0. The van der Waals surface area contributed by atoms with Crippen LogP contribution in [0, 0.1) is 5.41 Å². The second-order valence-electron chi connectivity index (χ2n) is 7.83. The summed E-state index contributed by atoms with van der Waals surface area (Å²) in [6.45, 7) is 4.78. The molecule has 5 nitrogen and oxygen atoms in total. The van der Waals surface area contributed by atoms with Gasteiger partial charge in [0.25, 0.3) is 5.91 Å². The van der Waals surface area contributed by atoms with Gasteiger partial charge in [-0.15, -0.1) is 24.8 Å². The van der Waals surface area contributed by atoms with Gasteiger partial charge in [0.05, 0.1) is 0 Å². The average Bonchev–Trinajstić information content (AvgIpc) is 2.74. The van der Waals surface area contributed by atoms with Gasteiger partial charge < -0.3 is 15.5 Å². The topological polar surface area (TPSA) is 57.3 Å². The Kier molecular flexibility index (Phi) is 8.75. The standard InChI is InChI=1S/C22H28N4O.2ClH/c27-21(26-15-9-22(10-16-26)7-13-24-14-8-22)19-1-3-20(4-2-19)25-17-18-5-11-23-12-6-18;;/h1-6,11-12,24-25H,7-10,13-17H2;2*1H. The Morgan fingerprint density at radius 3 is 2.21 bits per heavy atom. The van der Waals surface area contributed by atoms with Gasteiger partial charge in [0.15, 0.2) is 0 Å². The van der Waals surface area contributed by atoms with E-state index in [-0.39, 0.29) is 30.7 Å². The highest BCUT2D eigenvalue weighted by atomic mass is 35.5. The fourth-order valence-corrected chi connectivity index (χ4v) is 4.26. The van der Waals surface area contributed by atoms with E-state index in [2.05, 4.69) is 15.6 Å². The fraction of sp³-hybridized carbons (Fsp3) is 0.455. The van der Waals surface area contributed by atoms with Crippen LogP contribution in [0.3, 0.4) is 0 Å². The van der Waals surface area contributed by atoms with Crippen LogP contribution in [0.15, 0.2) is 48.8 Å². The van der Waals surface area contributed by atoms with Gasteiger partial charge in [-0.1, -0.05) is 0 Å². The SMILES string of the molecule is Cl.Cl.O=C(c1ccc(NCc2ccncc2)cc1)N1CCC2(CCNCC2)CC1. The van der Waals surface area contributed by atoms with Gasteiger partial charge in [0, 0.05) is 43.3 Å². The van der Waals surface area contributed by atoms with Gasteiger partial charge >= 0.3 is 0 Å². The third-order valence-corrected chi connectivity index (χ3v) is 6.15. The van der Waals surface area contributed by atoms with Crippen molar-refractivity contribution in [3.8, 4) is 0 Å². The number of rotatable bonds is 4. The number of halogens is 2. The van der Waals surface area contributed by atoms with E-state index in [9.17, 15) is 4.79 Å². The molecule has 3 heterocycles. The van der Waals surface area contributed by atoms with Crippen LogP contribution in [-0.2, 0) is 6.54 Å². The Hall–Kier alpha value is -1.82. The zero-order valence-corrected chi connectivity index (χ0v) is 18.2. The first kappa shape index (κ1) is 23.5. The zero-order valence-electron chi connectivity index (χ0n) is 16.6. The van der Waals surface area contributed by atoms with Gasteiger partial charge in [0.1, 0.15) is 0 Å². The maximum atomic E-state index is 12.8. The van der Waals surface area contributed by atoms with Crippen LogP contribution >= 0.6 is 24.8 Å². The minimum Gasteiger partial charge on any atom is -0.381 e. The number of anilines is 1. The molecular weight excluding hydrogens is 407 g/mol. The number of carbonyl (C=O) groups is 1. The molecule has 4 rings (SSSR count). The molecule has 0 aliphatic carbocycles. The highest BCUT2D eigenvalue weighted by Crippen LogP contribution is 2.39. The summed E-state index contributed by atoms with van der Waals surface area (Å²) in [6, 6.07) is 11.9. The Morgan fingerprint density at radius 1 is 0.966 bits per heavy atom. The van der Waals surface area contributed by atoms with Gasteiger partial charge in [-0.25, -0.2) is 0 Å². The molecule has 1 amide bonds. The van der Waals surface area contributed by atoms with E-state index in [1.165, 1.54) is 18.4 Å². The van der Waals surface area contributed by atoms with Crippen molar-refractivity contribution in [3.63, 3.8) is 0 Å². The van der Waals surface area contributed by atoms with E-state index < -0.39 is 0 Å². The molecule has 0 radical (unpaired) electrons. The van der Waals surface area contributed by atoms with Crippen LogP contribution in [0.2, 0.25) is 0 Å². The summed E-state index contributed by atoms with van der Waals surface area (Å²) >= 11 is 0. The maximum Gasteiger partial charge on any atom is 0.253 e. The van der Waals surface area contributed by atoms with Crippen molar-refractivity contribution in [2.75, 3.05) is 31.5 Å². The molecule has 2 N–H and O–H groups in total. The molecule has 29 heavy (non-hydrogen) atoms. The smallest absolute Gasteiger partial charge is 0.253 e. The number of hydrogen-bond acceptors (Lipinski definition) is 4. The van der Waals surface area contributed by atoms with E-state index in [1.54, 1.807) is 12.4 Å². The second kappa shape index (κ2) is 10.8. The average molecular weight is 437 g/mol. The molecular formula is C22H30Cl2N4O. The van der Waals surface area contributed by atoms with Crippen LogP contribution < -0.4 is 10.6 Å². The Morgan fingerprint density at radius 2 is 1.59 bits per heavy atom. The van der Waals surface area contributed by atoms with Gasteiger partial charge in [-0.05, 0) is 86.1 Å². The van der Waals surface area contributed by atoms with Gasteiger partial charge in [-0.3, -0.25) is 9.78 Å². The molecule has 2 aliphatic heterocycles. The number of carbonyl (C=O) groups excluding carboxylic acids is 1. The zero-order chi connectivity index (χ0) is 18.5. The summed E-state index contributed by atoms with van der Waals surface area (Å²) in [7, 11) is 0. The Labute approximate surface area is 185 Å². The lowest BCUT2D eigenvalue weighted by Crippen LogP contribution is -2.47. The highest BCUT2D eigenvalue weighted by molar-refractivity contribution is 5.94. The molecule has 7 heteroatoms. The summed E-state index contributed by atoms with van der Waals surface area (Å²) in [6.07, 6.45) is 8.40. The number of nitrogens with one attached hydrogen (secondary N) is 2. The lowest BCUT2D eigenvalue weighted by atomic mass is 9.71. The molecule has 2 aromatic rings. The van der Waals surface area contributed by atoms with Crippen LogP contribution in [0.4, 0.5) is 5.69 Å². The number of nitrogens with zero attached hydrogens (tertiary/aromatic N) is 2. The van der Waals surface area contributed by atoms with Gasteiger partial charge in [-0.2, -0.15) is 0 Å². The molecule has 0 bridgehead atoms. The molecule has 2 fully saturated rings. The minimum atomic E-state index is 0. The van der Waals surface area contributed by atoms with Crippen molar-refractivity contribution >= 4 is 36.4 Å². The molecule has 2 aliphatic rings. The highest BCUT2D eigenvalue weighted by Gasteiger charge is 2.36. The van der Waals surface area contributed by atoms with Crippen LogP contribution in [0.25, 0.3) is 0 Å². The first-order valence-corrected chi connectivity index (χ1v) is 9.97. The molecule has 0 unspecified atom stereocenters. The molecule has 158 valence electrons. The number of benzene rings is 1. The Bertz CT molecular complexity index is 754. The number of piperidine rings is 2. The van der Waals surface area contributed by atoms with E-state index in [1.807, 2.05) is 41.3 Å². The van der Waals surface area contributed by atoms with E-state index >= 15 is 0 Å². The number of amides is 1. The monoisotopic (exact) mass is 436 g/mol. The van der Waals surface area contributed by atoms with Crippen molar-refractivity contribution in [3.05, 3.63) is 59.9 Å². The van der Waals surface area contributed by atoms with Crippen LogP contribution in [-0.4, -0.2) is 42.0 Å². The summed E-state index contributed by atoms with van der Waals surface area (Å²) in [5.74, 6) is 0.166. The number of pyridine rings is 1. The fourth-order valence-electron chi connectivity index (χ4n) is 4.26. The summed E-state index contributed by atoms with van der Waals surface area (Å²) in [5, 5.41) is 6.84. The summed E-state index contributed by atoms with van der Waals surface area (Å²) in [4.78, 5) is 18.9. The van der Waals surface area contributed by atoms with Crippen LogP contribution in [0.1, 0.15) is 41.6 Å². The quantitative estimate of drug-likeness (QED) is 0.755. The summed E-state index contributed by atoms with van der Waals surface area (Å²) in [5.41, 5.74) is 3.47. The largest absolute Gasteiger partial charge is 0.381 e. The van der Waals surface area contributed by atoms with Crippen molar-refractivity contribution in [1.82, 2.24) is 15.2 Å². The maximum absolute atomic E-state index is 12.8.